The van der Waals surface area contributed by atoms with Crippen LogP contribution in [0.15, 0.2) is 18.2 Å². The van der Waals surface area contributed by atoms with E-state index >= 15 is 0 Å². The highest BCUT2D eigenvalue weighted by atomic mass is 19.4. The van der Waals surface area contributed by atoms with Crippen molar-refractivity contribution in [1.29, 1.82) is 0 Å². The predicted molar refractivity (Wildman–Crippen MR) is 61.7 cm³/mol. The van der Waals surface area contributed by atoms with Crippen molar-refractivity contribution < 1.29 is 27.4 Å². The van der Waals surface area contributed by atoms with Gasteiger partial charge >= 0.3 is 6.18 Å². The molecule has 0 saturated heterocycles. The third kappa shape index (κ3) is 5.47. The summed E-state index contributed by atoms with van der Waals surface area (Å²) < 4.78 is 44.8. The van der Waals surface area contributed by atoms with Crippen LogP contribution in [0, 0.1) is 0 Å². The van der Waals surface area contributed by atoms with Crippen LogP contribution >= 0.6 is 0 Å². The lowest BCUT2D eigenvalue weighted by Crippen LogP contribution is -2.20. The molecule has 1 aromatic carbocycles. The van der Waals surface area contributed by atoms with E-state index in [0.717, 1.165) is 0 Å². The number of ether oxygens (including phenoxy) is 2. The SMILES string of the molecule is NC(=O)c1ccc(N)cc1OCCOCC(F)(F)F. The highest BCUT2D eigenvalue weighted by Crippen LogP contribution is 2.21. The number of benzene rings is 1. The number of hydrogen-bond acceptors (Lipinski definition) is 4. The fourth-order valence-corrected chi connectivity index (χ4v) is 1.26. The van der Waals surface area contributed by atoms with Crippen molar-refractivity contribution >= 4 is 11.6 Å². The minimum atomic E-state index is -4.38. The number of halogens is 3. The van der Waals surface area contributed by atoms with Gasteiger partial charge in [0, 0.05) is 11.8 Å². The third-order valence-electron chi connectivity index (χ3n) is 2.02. The maximum absolute atomic E-state index is 11.8. The van der Waals surface area contributed by atoms with Crippen molar-refractivity contribution in [2.75, 3.05) is 25.6 Å². The van der Waals surface area contributed by atoms with Gasteiger partial charge in [-0.2, -0.15) is 13.2 Å². The largest absolute Gasteiger partial charge is 0.490 e. The minimum absolute atomic E-state index is 0.102. The Labute approximate surface area is 107 Å². The molecule has 0 spiro atoms. The molecule has 0 unspecified atom stereocenters. The highest BCUT2D eigenvalue weighted by molar-refractivity contribution is 5.96. The monoisotopic (exact) mass is 278 g/mol. The molecular formula is C11H13F3N2O3. The summed E-state index contributed by atoms with van der Waals surface area (Å²) in [7, 11) is 0. The molecular weight excluding hydrogens is 265 g/mol. The van der Waals surface area contributed by atoms with Gasteiger partial charge in [-0.1, -0.05) is 0 Å². The molecule has 5 nitrogen and oxygen atoms in total. The van der Waals surface area contributed by atoms with Crippen LogP contribution in [0.2, 0.25) is 0 Å². The van der Waals surface area contributed by atoms with Crippen molar-refractivity contribution in [3.8, 4) is 5.75 Å². The van der Waals surface area contributed by atoms with Gasteiger partial charge in [0.25, 0.3) is 5.91 Å². The summed E-state index contributed by atoms with van der Waals surface area (Å²) in [5.74, 6) is -0.602. The van der Waals surface area contributed by atoms with E-state index in [1.54, 1.807) is 0 Å². The van der Waals surface area contributed by atoms with Gasteiger partial charge in [0.2, 0.25) is 0 Å². The first-order valence-corrected chi connectivity index (χ1v) is 5.26. The number of hydrogen-bond donors (Lipinski definition) is 2. The van der Waals surface area contributed by atoms with E-state index in [2.05, 4.69) is 4.74 Å². The van der Waals surface area contributed by atoms with E-state index < -0.39 is 18.7 Å². The van der Waals surface area contributed by atoms with Gasteiger partial charge in [-0.15, -0.1) is 0 Å². The molecule has 0 aromatic heterocycles. The Hall–Kier alpha value is -1.96. The summed E-state index contributed by atoms with van der Waals surface area (Å²) in [4.78, 5) is 11.1. The Balaban J connectivity index is 2.49. The Bertz CT molecular complexity index is 449. The molecule has 0 heterocycles. The summed E-state index contributed by atoms with van der Waals surface area (Å²) in [6, 6.07) is 4.21. The Kier molecular flexibility index (Phi) is 4.99. The van der Waals surface area contributed by atoms with E-state index in [4.69, 9.17) is 16.2 Å². The third-order valence-corrected chi connectivity index (χ3v) is 2.02. The molecule has 1 rings (SSSR count). The minimum Gasteiger partial charge on any atom is -0.490 e. The number of carbonyl (C=O) groups is 1. The second kappa shape index (κ2) is 6.28. The maximum atomic E-state index is 11.8. The second-order valence-corrected chi connectivity index (χ2v) is 3.64. The summed E-state index contributed by atoms with van der Waals surface area (Å²) >= 11 is 0. The van der Waals surface area contributed by atoms with Crippen LogP contribution in [0.3, 0.4) is 0 Å². The van der Waals surface area contributed by atoms with Gasteiger partial charge in [-0.05, 0) is 12.1 Å². The van der Waals surface area contributed by atoms with Gasteiger partial charge in [0.05, 0.1) is 12.2 Å². The Morgan fingerprint density at radius 1 is 1.26 bits per heavy atom. The van der Waals surface area contributed by atoms with Gasteiger partial charge in [0.1, 0.15) is 19.0 Å². The molecule has 106 valence electrons. The molecule has 0 aliphatic carbocycles. The number of amides is 1. The Morgan fingerprint density at radius 2 is 1.95 bits per heavy atom. The zero-order valence-electron chi connectivity index (χ0n) is 9.87. The molecule has 0 radical (unpaired) electrons. The number of nitrogen functional groups attached to an aromatic ring is 1. The molecule has 1 aromatic rings. The lowest BCUT2D eigenvalue weighted by molar-refractivity contribution is -0.175. The van der Waals surface area contributed by atoms with Crippen LogP contribution in [0.5, 0.6) is 5.75 Å². The van der Waals surface area contributed by atoms with E-state index in [1.807, 2.05) is 0 Å². The van der Waals surface area contributed by atoms with Crippen molar-refractivity contribution in [3.05, 3.63) is 23.8 Å². The van der Waals surface area contributed by atoms with Crippen LogP contribution in [-0.4, -0.2) is 31.9 Å². The smallest absolute Gasteiger partial charge is 0.411 e. The van der Waals surface area contributed by atoms with Gasteiger partial charge < -0.3 is 20.9 Å². The molecule has 19 heavy (non-hydrogen) atoms. The van der Waals surface area contributed by atoms with E-state index in [-0.39, 0.29) is 24.5 Å². The van der Waals surface area contributed by atoms with Gasteiger partial charge in [0.15, 0.2) is 0 Å². The fraction of sp³-hybridized carbons (Fsp3) is 0.364. The fourth-order valence-electron chi connectivity index (χ4n) is 1.26. The number of nitrogens with two attached hydrogens (primary N) is 2. The van der Waals surface area contributed by atoms with E-state index in [9.17, 15) is 18.0 Å². The van der Waals surface area contributed by atoms with Crippen LogP contribution in [-0.2, 0) is 4.74 Å². The van der Waals surface area contributed by atoms with Crippen LogP contribution < -0.4 is 16.2 Å². The molecule has 0 atom stereocenters. The van der Waals surface area contributed by atoms with Crippen LogP contribution in [0.1, 0.15) is 10.4 Å². The number of alkyl halides is 3. The first-order chi connectivity index (χ1) is 8.79. The van der Waals surface area contributed by atoms with Crippen LogP contribution in [0.4, 0.5) is 18.9 Å². The molecule has 1 amide bonds. The van der Waals surface area contributed by atoms with Crippen molar-refractivity contribution in [2.45, 2.75) is 6.18 Å². The van der Waals surface area contributed by atoms with Crippen LogP contribution in [0.25, 0.3) is 0 Å². The lowest BCUT2D eigenvalue weighted by atomic mass is 10.2. The first-order valence-electron chi connectivity index (χ1n) is 5.26. The Morgan fingerprint density at radius 3 is 2.53 bits per heavy atom. The molecule has 0 bridgehead atoms. The normalized spacial score (nSPS) is 11.3. The standard InChI is InChI=1S/C11H13F3N2O3/c12-11(13,14)6-18-3-4-19-9-5-7(15)1-2-8(9)10(16)17/h1-2,5H,3-4,6,15H2,(H2,16,17). The average Bonchev–Trinajstić information content (AvgIpc) is 2.26. The molecule has 8 heteroatoms. The topological polar surface area (TPSA) is 87.6 Å². The molecule has 0 saturated carbocycles. The summed E-state index contributed by atoms with van der Waals surface area (Å²) in [6.45, 7) is -1.78. The van der Waals surface area contributed by atoms with Crippen molar-refractivity contribution in [3.63, 3.8) is 0 Å². The second-order valence-electron chi connectivity index (χ2n) is 3.64. The summed E-state index contributed by atoms with van der Waals surface area (Å²) in [6.07, 6.45) is -4.38. The number of rotatable bonds is 6. The van der Waals surface area contributed by atoms with Crippen molar-refractivity contribution in [2.24, 2.45) is 5.73 Å². The number of anilines is 1. The van der Waals surface area contributed by atoms with Gasteiger partial charge in [-0.3, -0.25) is 4.79 Å². The summed E-state index contributed by atoms with van der Waals surface area (Å²) in [5.41, 5.74) is 11.1. The zero-order valence-corrected chi connectivity index (χ0v) is 9.87. The predicted octanol–water partition coefficient (Wildman–Crippen LogP) is 1.33. The quantitative estimate of drug-likeness (QED) is 0.607. The zero-order chi connectivity index (χ0) is 14.5. The molecule has 4 N–H and O–H groups in total. The molecule has 0 fully saturated rings. The number of primary amides is 1. The van der Waals surface area contributed by atoms with Gasteiger partial charge in [-0.25, -0.2) is 0 Å². The molecule has 0 aliphatic rings. The average molecular weight is 278 g/mol. The van der Waals surface area contributed by atoms with E-state index in [0.29, 0.717) is 5.69 Å². The van der Waals surface area contributed by atoms with E-state index in [1.165, 1.54) is 18.2 Å². The van der Waals surface area contributed by atoms with Crippen molar-refractivity contribution in [1.82, 2.24) is 0 Å². The molecule has 0 aliphatic heterocycles. The number of carbonyl (C=O) groups excluding carboxylic acids is 1. The first kappa shape index (κ1) is 15.1. The summed E-state index contributed by atoms with van der Waals surface area (Å²) in [5, 5.41) is 0. The maximum Gasteiger partial charge on any atom is 0.411 e. The highest BCUT2D eigenvalue weighted by Gasteiger charge is 2.27. The lowest BCUT2D eigenvalue weighted by Gasteiger charge is -2.11.